The summed E-state index contributed by atoms with van der Waals surface area (Å²) in [5.41, 5.74) is 1.80. The summed E-state index contributed by atoms with van der Waals surface area (Å²) in [6, 6.07) is 5.81. The van der Waals surface area contributed by atoms with Gasteiger partial charge in [0.25, 0.3) is 5.91 Å². The molecule has 92 valence electrons. The SMILES string of the molecule is Cc1ccc(Br)cc1C(=O)N1CCC(Cl)CC1. The van der Waals surface area contributed by atoms with Gasteiger partial charge in [-0.05, 0) is 37.5 Å². The molecule has 2 rings (SSSR count). The van der Waals surface area contributed by atoms with E-state index in [-0.39, 0.29) is 11.3 Å². The Balaban J connectivity index is 2.16. The second-order valence-corrected chi connectivity index (χ2v) is 5.96. The van der Waals surface area contributed by atoms with E-state index in [0.29, 0.717) is 0 Å². The number of hydrogen-bond acceptors (Lipinski definition) is 1. The van der Waals surface area contributed by atoms with Gasteiger partial charge >= 0.3 is 0 Å². The van der Waals surface area contributed by atoms with Gasteiger partial charge < -0.3 is 4.90 Å². The molecule has 0 radical (unpaired) electrons. The lowest BCUT2D eigenvalue weighted by molar-refractivity contribution is 0.0725. The average Bonchev–Trinajstić information content (AvgIpc) is 2.32. The Labute approximate surface area is 115 Å². The van der Waals surface area contributed by atoms with E-state index in [1.165, 1.54) is 0 Å². The standard InChI is InChI=1S/C13H15BrClNO/c1-9-2-3-10(14)8-12(9)13(17)16-6-4-11(15)5-7-16/h2-3,8,11H,4-7H2,1H3. The number of amides is 1. The van der Waals surface area contributed by atoms with Crippen LogP contribution in [0.2, 0.25) is 0 Å². The molecule has 1 heterocycles. The molecule has 1 fully saturated rings. The molecule has 17 heavy (non-hydrogen) atoms. The van der Waals surface area contributed by atoms with Crippen molar-refractivity contribution in [1.82, 2.24) is 4.90 Å². The fourth-order valence-corrected chi connectivity index (χ4v) is 2.60. The molecule has 1 aliphatic rings. The van der Waals surface area contributed by atoms with Crippen molar-refractivity contribution < 1.29 is 4.79 Å². The van der Waals surface area contributed by atoms with Crippen LogP contribution in [0.4, 0.5) is 0 Å². The molecule has 1 aromatic rings. The summed E-state index contributed by atoms with van der Waals surface area (Å²) in [6.07, 6.45) is 1.78. The Morgan fingerprint density at radius 1 is 1.41 bits per heavy atom. The molecule has 2 nitrogen and oxygen atoms in total. The minimum absolute atomic E-state index is 0.118. The smallest absolute Gasteiger partial charge is 0.254 e. The zero-order chi connectivity index (χ0) is 12.4. The number of hydrogen-bond donors (Lipinski definition) is 0. The molecule has 1 aromatic carbocycles. The van der Waals surface area contributed by atoms with Crippen LogP contribution >= 0.6 is 27.5 Å². The highest BCUT2D eigenvalue weighted by Crippen LogP contribution is 2.21. The van der Waals surface area contributed by atoms with Gasteiger partial charge in [-0.2, -0.15) is 0 Å². The van der Waals surface area contributed by atoms with Gasteiger partial charge in [-0.25, -0.2) is 0 Å². The van der Waals surface area contributed by atoms with Crippen LogP contribution in [0.1, 0.15) is 28.8 Å². The van der Waals surface area contributed by atoms with E-state index >= 15 is 0 Å². The number of piperidine rings is 1. The van der Waals surface area contributed by atoms with Crippen LogP contribution in [0, 0.1) is 6.92 Å². The Bertz CT molecular complexity index is 427. The zero-order valence-electron chi connectivity index (χ0n) is 9.75. The maximum Gasteiger partial charge on any atom is 0.254 e. The number of carbonyl (C=O) groups excluding carboxylic acids is 1. The molecular formula is C13H15BrClNO. The molecule has 0 aliphatic carbocycles. The van der Waals surface area contributed by atoms with Crippen molar-refractivity contribution in [3.63, 3.8) is 0 Å². The van der Waals surface area contributed by atoms with Crippen molar-refractivity contribution in [2.75, 3.05) is 13.1 Å². The Morgan fingerprint density at radius 2 is 2.06 bits per heavy atom. The maximum atomic E-state index is 12.3. The number of nitrogens with zero attached hydrogens (tertiary/aromatic N) is 1. The quantitative estimate of drug-likeness (QED) is 0.725. The summed E-state index contributed by atoms with van der Waals surface area (Å²) in [5.74, 6) is 0.118. The van der Waals surface area contributed by atoms with E-state index in [4.69, 9.17) is 11.6 Å². The van der Waals surface area contributed by atoms with E-state index in [1.54, 1.807) is 0 Å². The minimum atomic E-state index is 0.118. The van der Waals surface area contributed by atoms with Crippen molar-refractivity contribution in [3.8, 4) is 0 Å². The van der Waals surface area contributed by atoms with Crippen LogP contribution in [-0.2, 0) is 0 Å². The number of carbonyl (C=O) groups is 1. The van der Waals surface area contributed by atoms with E-state index in [0.717, 1.165) is 41.5 Å². The van der Waals surface area contributed by atoms with Gasteiger partial charge in [0, 0.05) is 28.5 Å². The van der Waals surface area contributed by atoms with Crippen LogP contribution in [0.25, 0.3) is 0 Å². The number of likely N-dealkylation sites (tertiary alicyclic amines) is 1. The molecule has 4 heteroatoms. The van der Waals surface area contributed by atoms with E-state index in [1.807, 2.05) is 30.0 Å². The highest BCUT2D eigenvalue weighted by molar-refractivity contribution is 9.10. The van der Waals surface area contributed by atoms with Crippen molar-refractivity contribution in [2.45, 2.75) is 25.1 Å². The summed E-state index contributed by atoms with van der Waals surface area (Å²) in [4.78, 5) is 14.2. The number of aryl methyl sites for hydroxylation is 1. The largest absolute Gasteiger partial charge is 0.339 e. The molecule has 0 bridgehead atoms. The average molecular weight is 317 g/mol. The normalized spacial score (nSPS) is 17.2. The van der Waals surface area contributed by atoms with Crippen molar-refractivity contribution >= 4 is 33.4 Å². The van der Waals surface area contributed by atoms with Gasteiger partial charge in [0.2, 0.25) is 0 Å². The molecule has 1 amide bonds. The predicted molar refractivity (Wildman–Crippen MR) is 73.7 cm³/mol. The molecular weight excluding hydrogens is 302 g/mol. The topological polar surface area (TPSA) is 20.3 Å². The van der Waals surface area contributed by atoms with Gasteiger partial charge in [-0.3, -0.25) is 4.79 Å². The highest BCUT2D eigenvalue weighted by Gasteiger charge is 2.23. The summed E-state index contributed by atoms with van der Waals surface area (Å²) < 4.78 is 0.943. The molecule has 0 spiro atoms. The summed E-state index contributed by atoms with van der Waals surface area (Å²) in [6.45, 7) is 3.49. The Morgan fingerprint density at radius 3 is 2.71 bits per heavy atom. The fourth-order valence-electron chi connectivity index (χ4n) is 2.05. The third kappa shape index (κ3) is 3.02. The van der Waals surface area contributed by atoms with Crippen molar-refractivity contribution in [1.29, 1.82) is 0 Å². The zero-order valence-corrected chi connectivity index (χ0v) is 12.1. The number of rotatable bonds is 1. The second-order valence-electron chi connectivity index (χ2n) is 4.43. The Hall–Kier alpha value is -0.540. The molecule has 0 atom stereocenters. The summed E-state index contributed by atoms with van der Waals surface area (Å²) in [5, 5.41) is 0.225. The van der Waals surface area contributed by atoms with Crippen LogP contribution in [0.3, 0.4) is 0 Å². The minimum Gasteiger partial charge on any atom is -0.339 e. The summed E-state index contributed by atoms with van der Waals surface area (Å²) in [7, 11) is 0. The monoisotopic (exact) mass is 315 g/mol. The highest BCUT2D eigenvalue weighted by atomic mass is 79.9. The van der Waals surface area contributed by atoms with Gasteiger partial charge in [0.05, 0.1) is 0 Å². The van der Waals surface area contributed by atoms with Gasteiger partial charge in [-0.1, -0.05) is 22.0 Å². The maximum absolute atomic E-state index is 12.3. The van der Waals surface area contributed by atoms with E-state index in [2.05, 4.69) is 15.9 Å². The van der Waals surface area contributed by atoms with E-state index in [9.17, 15) is 4.79 Å². The molecule has 0 aromatic heterocycles. The van der Waals surface area contributed by atoms with Gasteiger partial charge in [0.15, 0.2) is 0 Å². The van der Waals surface area contributed by atoms with Crippen molar-refractivity contribution in [2.24, 2.45) is 0 Å². The fraction of sp³-hybridized carbons (Fsp3) is 0.462. The molecule has 0 N–H and O–H groups in total. The lowest BCUT2D eigenvalue weighted by atomic mass is 10.1. The Kier molecular flexibility index (Phi) is 4.10. The predicted octanol–water partition coefficient (Wildman–Crippen LogP) is 3.60. The first-order valence-electron chi connectivity index (χ1n) is 5.77. The third-order valence-electron chi connectivity index (χ3n) is 3.14. The van der Waals surface area contributed by atoms with Gasteiger partial charge in [0.1, 0.15) is 0 Å². The third-order valence-corrected chi connectivity index (χ3v) is 4.07. The van der Waals surface area contributed by atoms with Crippen LogP contribution in [-0.4, -0.2) is 29.3 Å². The van der Waals surface area contributed by atoms with Crippen molar-refractivity contribution in [3.05, 3.63) is 33.8 Å². The lowest BCUT2D eigenvalue weighted by Crippen LogP contribution is -2.39. The molecule has 1 saturated heterocycles. The second kappa shape index (κ2) is 5.40. The molecule has 0 unspecified atom stereocenters. The lowest BCUT2D eigenvalue weighted by Gasteiger charge is -2.29. The molecule has 0 saturated carbocycles. The molecule has 1 aliphatic heterocycles. The number of alkyl halides is 1. The first-order chi connectivity index (χ1) is 8.08. The number of halogens is 2. The van der Waals surface area contributed by atoms with Gasteiger partial charge in [-0.15, -0.1) is 11.6 Å². The first-order valence-corrected chi connectivity index (χ1v) is 7.00. The first kappa shape index (κ1) is 12.9. The van der Waals surface area contributed by atoms with Crippen LogP contribution < -0.4 is 0 Å². The van der Waals surface area contributed by atoms with E-state index < -0.39 is 0 Å². The number of benzene rings is 1. The van der Waals surface area contributed by atoms with Crippen LogP contribution in [0.5, 0.6) is 0 Å². The summed E-state index contributed by atoms with van der Waals surface area (Å²) >= 11 is 9.45. The van der Waals surface area contributed by atoms with Crippen LogP contribution in [0.15, 0.2) is 22.7 Å².